The summed E-state index contributed by atoms with van der Waals surface area (Å²) in [6.45, 7) is 5.35. The molecule has 1 atom stereocenters. The summed E-state index contributed by atoms with van der Waals surface area (Å²) in [5.74, 6) is -0.754. The van der Waals surface area contributed by atoms with Crippen LogP contribution in [-0.4, -0.2) is 25.5 Å². The van der Waals surface area contributed by atoms with Crippen molar-refractivity contribution in [2.75, 3.05) is 0 Å². The van der Waals surface area contributed by atoms with Crippen molar-refractivity contribution in [3.05, 3.63) is 87.7 Å². The van der Waals surface area contributed by atoms with Crippen molar-refractivity contribution in [1.82, 2.24) is 24.9 Å². The topological polar surface area (TPSA) is 81.8 Å². The average molecular weight is 419 g/mol. The summed E-state index contributed by atoms with van der Waals surface area (Å²) >= 11 is 0. The highest BCUT2D eigenvalue weighted by Crippen LogP contribution is 2.20. The fraction of sp³-hybridized carbons (Fsp3) is 0.217. The van der Waals surface area contributed by atoms with Crippen LogP contribution in [0.3, 0.4) is 0 Å². The lowest BCUT2D eigenvalue weighted by Crippen LogP contribution is -2.37. The lowest BCUT2D eigenvalue weighted by atomic mass is 10.2. The number of hydrogen-bond acceptors (Lipinski definition) is 4. The zero-order chi connectivity index (χ0) is 22.1. The molecule has 0 saturated carbocycles. The molecule has 0 aliphatic heterocycles. The first-order chi connectivity index (χ1) is 14.9. The largest absolute Gasteiger partial charge is 0.350 e. The van der Waals surface area contributed by atoms with E-state index in [-0.39, 0.29) is 23.8 Å². The Kier molecular flexibility index (Phi) is 5.37. The van der Waals surface area contributed by atoms with E-state index in [1.807, 2.05) is 37.3 Å². The van der Waals surface area contributed by atoms with Crippen LogP contribution >= 0.6 is 0 Å². The van der Waals surface area contributed by atoms with Crippen LogP contribution < -0.4 is 10.9 Å². The highest BCUT2D eigenvalue weighted by atomic mass is 19.1. The molecular weight excluding hydrogens is 397 g/mol. The van der Waals surface area contributed by atoms with E-state index in [1.165, 1.54) is 16.8 Å². The molecule has 4 rings (SSSR count). The Hall–Kier alpha value is -3.81. The third-order valence-corrected chi connectivity index (χ3v) is 5.24. The second kappa shape index (κ2) is 8.14. The third-order valence-electron chi connectivity index (χ3n) is 5.24. The molecule has 4 aromatic rings. The Balaban J connectivity index is 1.67. The number of halogens is 1. The smallest absolute Gasteiger partial charge is 0.278 e. The first-order valence-electron chi connectivity index (χ1n) is 9.93. The normalized spacial score (nSPS) is 12.1. The molecule has 1 unspecified atom stereocenters. The van der Waals surface area contributed by atoms with Crippen LogP contribution in [0.5, 0.6) is 0 Å². The third kappa shape index (κ3) is 3.84. The Morgan fingerprint density at radius 1 is 1.10 bits per heavy atom. The van der Waals surface area contributed by atoms with Crippen molar-refractivity contribution in [3.8, 4) is 5.69 Å². The van der Waals surface area contributed by atoms with Crippen molar-refractivity contribution in [3.63, 3.8) is 0 Å². The Morgan fingerprint density at radius 2 is 1.84 bits per heavy atom. The fourth-order valence-corrected chi connectivity index (χ4v) is 3.56. The maximum atomic E-state index is 13.3. The van der Waals surface area contributed by atoms with Gasteiger partial charge in [0.2, 0.25) is 5.91 Å². The zero-order valence-electron chi connectivity index (χ0n) is 17.5. The summed E-state index contributed by atoms with van der Waals surface area (Å²) in [6.07, 6.45) is 0. The molecule has 2 aromatic carbocycles. The number of benzene rings is 2. The van der Waals surface area contributed by atoms with Crippen molar-refractivity contribution in [2.24, 2.45) is 0 Å². The molecule has 0 spiro atoms. The standard InChI is InChI=1S/C23H22FN5O2/c1-14-21-20(15(2)28(27-21)19-10-5-4-6-11-19)23(31)29(26-14)16(3)22(30)25-13-17-8-7-9-18(24)12-17/h4-12,16H,13H2,1-3H3,(H,25,30). The maximum absolute atomic E-state index is 13.3. The second-order valence-corrected chi connectivity index (χ2v) is 7.42. The lowest BCUT2D eigenvalue weighted by molar-refractivity contribution is -0.124. The molecule has 1 amide bonds. The van der Waals surface area contributed by atoms with Gasteiger partial charge >= 0.3 is 0 Å². The van der Waals surface area contributed by atoms with E-state index < -0.39 is 6.04 Å². The molecule has 0 fully saturated rings. The molecule has 0 aliphatic carbocycles. The highest BCUT2D eigenvalue weighted by Gasteiger charge is 2.23. The van der Waals surface area contributed by atoms with Crippen molar-refractivity contribution < 1.29 is 9.18 Å². The molecule has 0 saturated heterocycles. The maximum Gasteiger partial charge on any atom is 0.278 e. The minimum Gasteiger partial charge on any atom is -0.350 e. The molecule has 0 radical (unpaired) electrons. The van der Waals surface area contributed by atoms with Crippen LogP contribution in [0.15, 0.2) is 59.4 Å². The Morgan fingerprint density at radius 3 is 2.55 bits per heavy atom. The molecule has 2 aromatic heterocycles. The van der Waals surface area contributed by atoms with Gasteiger partial charge in [-0.05, 0) is 50.6 Å². The summed E-state index contributed by atoms with van der Waals surface area (Å²) in [6, 6.07) is 14.7. The number of aromatic nitrogens is 4. The average Bonchev–Trinajstić information content (AvgIpc) is 3.13. The van der Waals surface area contributed by atoms with Gasteiger partial charge in [0.1, 0.15) is 17.4 Å². The lowest BCUT2D eigenvalue weighted by Gasteiger charge is -2.15. The van der Waals surface area contributed by atoms with Crippen molar-refractivity contribution in [1.29, 1.82) is 0 Å². The van der Waals surface area contributed by atoms with Crippen LogP contribution in [-0.2, 0) is 11.3 Å². The number of fused-ring (bicyclic) bond motifs is 1. The molecule has 1 N–H and O–H groups in total. The zero-order valence-corrected chi connectivity index (χ0v) is 17.5. The molecule has 8 heteroatoms. The van der Waals surface area contributed by atoms with E-state index in [4.69, 9.17) is 0 Å². The molecule has 0 aliphatic rings. The van der Waals surface area contributed by atoms with Gasteiger partial charge in [-0.1, -0.05) is 30.3 Å². The minimum absolute atomic E-state index is 0.155. The Labute approximate surface area is 178 Å². The number of para-hydroxylation sites is 1. The van der Waals surface area contributed by atoms with E-state index in [0.717, 1.165) is 5.69 Å². The summed E-state index contributed by atoms with van der Waals surface area (Å²) in [7, 11) is 0. The molecule has 0 bridgehead atoms. The van der Waals surface area contributed by atoms with Gasteiger partial charge in [-0.25, -0.2) is 13.8 Å². The van der Waals surface area contributed by atoms with Gasteiger partial charge in [-0.3, -0.25) is 9.59 Å². The van der Waals surface area contributed by atoms with Crippen LogP contribution in [0.25, 0.3) is 16.6 Å². The molecule has 158 valence electrons. The second-order valence-electron chi connectivity index (χ2n) is 7.42. The molecule has 2 heterocycles. The van der Waals surface area contributed by atoms with Gasteiger partial charge in [-0.15, -0.1) is 0 Å². The van der Waals surface area contributed by atoms with Crippen LogP contribution in [0.1, 0.15) is 29.9 Å². The molecule has 7 nitrogen and oxygen atoms in total. The van der Waals surface area contributed by atoms with Gasteiger partial charge in [-0.2, -0.15) is 10.2 Å². The predicted molar refractivity (Wildman–Crippen MR) is 116 cm³/mol. The van der Waals surface area contributed by atoms with Crippen LogP contribution in [0.4, 0.5) is 4.39 Å². The summed E-state index contributed by atoms with van der Waals surface area (Å²) in [5, 5.41) is 12.1. The van der Waals surface area contributed by atoms with Gasteiger partial charge in [0.25, 0.3) is 5.56 Å². The molecule has 31 heavy (non-hydrogen) atoms. The number of nitrogens with one attached hydrogen (secondary N) is 1. The van der Waals surface area contributed by atoms with Gasteiger partial charge in [0, 0.05) is 6.54 Å². The number of rotatable bonds is 5. The quantitative estimate of drug-likeness (QED) is 0.539. The van der Waals surface area contributed by atoms with Gasteiger partial charge in [0.15, 0.2) is 0 Å². The SMILES string of the molecule is Cc1nn(C(C)C(=O)NCc2cccc(F)c2)c(=O)c2c(C)n(-c3ccccc3)nc12. The van der Waals surface area contributed by atoms with Crippen molar-refractivity contribution in [2.45, 2.75) is 33.4 Å². The number of carbonyl (C=O) groups is 1. The van der Waals surface area contributed by atoms with E-state index in [0.29, 0.717) is 27.9 Å². The minimum atomic E-state index is -0.844. The summed E-state index contributed by atoms with van der Waals surface area (Å²) in [5.41, 5.74) is 2.83. The van der Waals surface area contributed by atoms with Crippen LogP contribution in [0.2, 0.25) is 0 Å². The summed E-state index contributed by atoms with van der Waals surface area (Å²) in [4.78, 5) is 25.9. The van der Waals surface area contributed by atoms with Crippen molar-refractivity contribution >= 4 is 16.8 Å². The number of hydrogen-bond donors (Lipinski definition) is 1. The molecular formula is C23H22FN5O2. The van der Waals surface area contributed by atoms with Gasteiger partial charge in [0.05, 0.1) is 22.5 Å². The predicted octanol–water partition coefficient (Wildman–Crippen LogP) is 3.22. The number of aryl methyl sites for hydroxylation is 2. The fourth-order valence-electron chi connectivity index (χ4n) is 3.56. The van der Waals surface area contributed by atoms with Gasteiger partial charge < -0.3 is 5.32 Å². The van der Waals surface area contributed by atoms with E-state index in [9.17, 15) is 14.0 Å². The first kappa shape index (κ1) is 20.5. The summed E-state index contributed by atoms with van der Waals surface area (Å²) < 4.78 is 16.2. The van der Waals surface area contributed by atoms with E-state index in [2.05, 4.69) is 15.5 Å². The van der Waals surface area contributed by atoms with E-state index >= 15 is 0 Å². The number of nitrogens with zero attached hydrogens (tertiary/aromatic N) is 4. The number of carbonyl (C=O) groups excluding carboxylic acids is 1. The highest BCUT2D eigenvalue weighted by molar-refractivity contribution is 5.84. The Bertz CT molecular complexity index is 1330. The number of amides is 1. The van der Waals surface area contributed by atoms with E-state index in [1.54, 1.807) is 30.7 Å². The monoisotopic (exact) mass is 419 g/mol. The van der Waals surface area contributed by atoms with Crippen LogP contribution in [0, 0.1) is 19.7 Å². The first-order valence-corrected chi connectivity index (χ1v) is 9.93.